The molecule has 0 N–H and O–H groups in total. The SMILES string of the molecule is CC(C)n1cccc1.CC(C)n1cccn1.CC(C)n1cccn1.CC(C)n1cnnn1.CC(C)n1nccn1.CC(C)n1nccn1. The fourth-order valence-electron chi connectivity index (χ4n) is 3.25. The minimum absolute atomic E-state index is 0.366. The number of aromatic nitrogens is 15. The van der Waals surface area contributed by atoms with Crippen LogP contribution in [-0.4, -0.2) is 74.3 Å². The van der Waals surface area contributed by atoms with Gasteiger partial charge in [0.1, 0.15) is 6.33 Å². The van der Waals surface area contributed by atoms with Crippen LogP contribution in [0.5, 0.6) is 0 Å². The number of hydrogen-bond acceptors (Lipinski definition) is 9. The second-order valence-electron chi connectivity index (χ2n) is 12.2. The monoisotopic (exact) mass is 663 g/mol. The molecule has 6 aromatic heterocycles. The van der Waals surface area contributed by atoms with Crippen molar-refractivity contribution in [2.24, 2.45) is 0 Å². The van der Waals surface area contributed by atoms with E-state index in [1.165, 1.54) is 0 Å². The number of tetrazole rings is 1. The van der Waals surface area contributed by atoms with Crippen LogP contribution >= 0.6 is 0 Å². The lowest BCUT2D eigenvalue weighted by atomic mass is 10.4. The molecule has 15 heteroatoms. The molecule has 0 aromatic carbocycles. The van der Waals surface area contributed by atoms with Crippen LogP contribution in [0.2, 0.25) is 0 Å². The van der Waals surface area contributed by atoms with Crippen molar-refractivity contribution in [3.05, 3.63) is 92.6 Å². The molecule has 0 radical (unpaired) electrons. The summed E-state index contributed by atoms with van der Waals surface area (Å²) in [6.45, 7) is 25.0. The molecule has 6 heterocycles. The highest BCUT2D eigenvalue weighted by Crippen LogP contribution is 2.02. The first-order valence-corrected chi connectivity index (χ1v) is 16.4. The van der Waals surface area contributed by atoms with E-state index < -0.39 is 0 Å². The van der Waals surface area contributed by atoms with Gasteiger partial charge in [-0.3, -0.25) is 9.36 Å². The molecule has 0 fully saturated rings. The van der Waals surface area contributed by atoms with Gasteiger partial charge in [0.25, 0.3) is 0 Å². The first-order valence-electron chi connectivity index (χ1n) is 16.4. The van der Waals surface area contributed by atoms with E-state index in [9.17, 15) is 0 Å². The van der Waals surface area contributed by atoms with Gasteiger partial charge in [-0.2, -0.15) is 40.2 Å². The second kappa shape index (κ2) is 23.4. The molecule has 0 saturated heterocycles. The molecule has 0 bridgehead atoms. The molecule has 6 aromatic rings. The van der Waals surface area contributed by atoms with Gasteiger partial charge in [0.2, 0.25) is 0 Å². The Balaban J connectivity index is 0.000000288. The van der Waals surface area contributed by atoms with E-state index in [2.05, 4.69) is 105 Å². The minimum atomic E-state index is 0.366. The number of nitrogens with zero attached hydrogens (tertiary/aromatic N) is 15. The van der Waals surface area contributed by atoms with Gasteiger partial charge in [-0.1, -0.05) is 0 Å². The summed E-state index contributed by atoms with van der Waals surface area (Å²) in [6.07, 6.45) is 20.0. The summed E-state index contributed by atoms with van der Waals surface area (Å²) >= 11 is 0. The fourth-order valence-corrected chi connectivity index (χ4v) is 3.25. The summed E-state index contributed by atoms with van der Waals surface area (Å²) in [6, 6.07) is 10.7. The van der Waals surface area contributed by atoms with Crippen LogP contribution in [0.4, 0.5) is 0 Å². The van der Waals surface area contributed by atoms with Crippen molar-refractivity contribution < 1.29 is 0 Å². The summed E-state index contributed by atoms with van der Waals surface area (Å²) in [7, 11) is 0. The van der Waals surface area contributed by atoms with Crippen LogP contribution in [0.15, 0.2) is 92.6 Å². The molecule has 0 amide bonds. The van der Waals surface area contributed by atoms with Crippen molar-refractivity contribution in [1.29, 1.82) is 0 Å². The predicted molar refractivity (Wildman–Crippen MR) is 189 cm³/mol. The van der Waals surface area contributed by atoms with Crippen molar-refractivity contribution >= 4 is 0 Å². The zero-order chi connectivity index (χ0) is 35.9. The molecular weight excluding hydrogens is 606 g/mol. The van der Waals surface area contributed by atoms with E-state index in [4.69, 9.17) is 0 Å². The summed E-state index contributed by atoms with van der Waals surface area (Å²) in [4.78, 5) is 3.33. The maximum Gasteiger partial charge on any atom is 0.138 e. The van der Waals surface area contributed by atoms with Crippen LogP contribution in [0, 0.1) is 0 Å². The third-order valence-corrected chi connectivity index (χ3v) is 6.02. The standard InChI is InChI=1S/C7H11N.2C6H10N2.2C5H9N3.C4H8N4/c1-7(2)8-5-3-4-6-8;2*1-6(2)8-5-3-4-7-8;2*1-5(2)8-6-3-4-7-8;1-4(2)8-3-5-6-7-8/h3-7H,1-2H3;2*3-6H,1-2H3;2*3-5H,1-2H3;3-4H,1-2H3. The lowest BCUT2D eigenvalue weighted by Gasteiger charge is -2.03. The Kier molecular flexibility index (Phi) is 20.0. The molecule has 15 nitrogen and oxygen atoms in total. The smallest absolute Gasteiger partial charge is 0.138 e. The van der Waals surface area contributed by atoms with Crippen molar-refractivity contribution in [2.45, 2.75) is 119 Å². The average Bonchev–Trinajstić information content (AvgIpc) is 3.91. The highest BCUT2D eigenvalue weighted by atomic mass is 15.5. The van der Waals surface area contributed by atoms with E-state index in [1.807, 2.05) is 87.6 Å². The Labute approximate surface area is 286 Å². The summed E-state index contributed by atoms with van der Waals surface area (Å²) in [5.41, 5.74) is 0. The zero-order valence-corrected chi connectivity index (χ0v) is 30.8. The molecule has 0 saturated carbocycles. The van der Waals surface area contributed by atoms with E-state index in [0.29, 0.717) is 36.3 Å². The molecule has 0 unspecified atom stereocenters. The number of rotatable bonds is 6. The first kappa shape index (κ1) is 41.1. The van der Waals surface area contributed by atoms with Crippen molar-refractivity contribution in [3.63, 3.8) is 0 Å². The number of hydrogen-bond donors (Lipinski definition) is 0. The van der Waals surface area contributed by atoms with Crippen LogP contribution in [-0.2, 0) is 0 Å². The van der Waals surface area contributed by atoms with Crippen molar-refractivity contribution in [1.82, 2.24) is 74.3 Å². The highest BCUT2D eigenvalue weighted by molar-refractivity contribution is 4.91. The maximum absolute atomic E-state index is 4.03. The molecule has 48 heavy (non-hydrogen) atoms. The Morgan fingerprint density at radius 2 is 0.771 bits per heavy atom. The van der Waals surface area contributed by atoms with Gasteiger partial charge >= 0.3 is 0 Å². The van der Waals surface area contributed by atoms with E-state index in [0.717, 1.165) is 0 Å². The van der Waals surface area contributed by atoms with Gasteiger partial charge in [-0.15, -0.1) is 5.10 Å². The Morgan fingerprint density at radius 3 is 0.938 bits per heavy atom. The summed E-state index contributed by atoms with van der Waals surface area (Å²) in [5, 5.41) is 34.4. The van der Waals surface area contributed by atoms with Crippen LogP contribution in [0.3, 0.4) is 0 Å². The molecule has 0 aliphatic rings. The maximum atomic E-state index is 4.03. The summed E-state index contributed by atoms with van der Waals surface area (Å²) < 4.78 is 7.69. The van der Waals surface area contributed by atoms with Crippen LogP contribution in [0.1, 0.15) is 119 Å². The van der Waals surface area contributed by atoms with Crippen LogP contribution in [0.25, 0.3) is 0 Å². The van der Waals surface area contributed by atoms with Gasteiger partial charge < -0.3 is 4.57 Å². The fraction of sp³-hybridized carbons (Fsp3) is 0.545. The topological polar surface area (TPSA) is 146 Å². The average molecular weight is 664 g/mol. The molecule has 0 aliphatic heterocycles. The van der Waals surface area contributed by atoms with Gasteiger partial charge in [0.15, 0.2) is 0 Å². The quantitative estimate of drug-likeness (QED) is 0.184. The van der Waals surface area contributed by atoms with Gasteiger partial charge in [-0.25, -0.2) is 4.68 Å². The Hall–Kier alpha value is -4.95. The third-order valence-electron chi connectivity index (χ3n) is 6.02. The van der Waals surface area contributed by atoms with Gasteiger partial charge in [-0.05, 0) is 118 Å². The van der Waals surface area contributed by atoms with Gasteiger partial charge in [0.05, 0.1) is 36.9 Å². The Morgan fingerprint density at radius 1 is 0.375 bits per heavy atom. The van der Waals surface area contributed by atoms with E-state index >= 15 is 0 Å². The van der Waals surface area contributed by atoms with E-state index in [1.54, 1.807) is 57.8 Å². The largest absolute Gasteiger partial charge is 0.352 e. The highest BCUT2D eigenvalue weighted by Gasteiger charge is 1.96. The minimum Gasteiger partial charge on any atom is -0.352 e. The van der Waals surface area contributed by atoms with Gasteiger partial charge in [0, 0.05) is 61.3 Å². The molecule has 264 valence electrons. The van der Waals surface area contributed by atoms with E-state index in [-0.39, 0.29) is 0 Å². The van der Waals surface area contributed by atoms with Crippen molar-refractivity contribution in [3.8, 4) is 0 Å². The lowest BCUT2D eigenvalue weighted by Crippen LogP contribution is -2.03. The molecule has 6 rings (SSSR count). The first-order chi connectivity index (χ1) is 22.8. The molecule has 0 spiro atoms. The third kappa shape index (κ3) is 17.7. The zero-order valence-electron chi connectivity index (χ0n) is 30.8. The lowest BCUT2D eigenvalue weighted by molar-refractivity contribution is 0.466. The Bertz CT molecular complexity index is 1150. The normalized spacial score (nSPS) is 10.4. The molecule has 0 atom stereocenters. The molecule has 0 aliphatic carbocycles. The molecular formula is C33H57N15. The second-order valence-corrected chi connectivity index (χ2v) is 12.2. The summed E-state index contributed by atoms with van der Waals surface area (Å²) in [5.74, 6) is 0. The van der Waals surface area contributed by atoms with Crippen molar-refractivity contribution in [2.75, 3.05) is 0 Å². The predicted octanol–water partition coefficient (Wildman–Crippen LogP) is 6.97. The van der Waals surface area contributed by atoms with Crippen LogP contribution < -0.4 is 0 Å².